The Hall–Kier alpha value is -1.02. The Morgan fingerprint density at radius 3 is 2.53 bits per heavy atom. The Morgan fingerprint density at radius 2 is 1.79 bits per heavy atom. The summed E-state index contributed by atoms with van der Waals surface area (Å²) in [4.78, 5) is 0. The van der Waals surface area contributed by atoms with Crippen LogP contribution < -0.4 is 5.32 Å². The highest BCUT2D eigenvalue weighted by Gasteiger charge is 2.20. The van der Waals surface area contributed by atoms with Gasteiger partial charge in [-0.05, 0) is 53.8 Å². The van der Waals surface area contributed by atoms with E-state index in [1.165, 1.54) is 24.0 Å². The third-order valence-electron chi connectivity index (χ3n) is 3.36. The summed E-state index contributed by atoms with van der Waals surface area (Å²) in [5.41, 5.74) is 3.55. The Balaban J connectivity index is 1.94. The third kappa shape index (κ3) is 3.30. The van der Waals surface area contributed by atoms with Gasteiger partial charge in [0, 0.05) is 22.6 Å². The lowest BCUT2D eigenvalue weighted by molar-refractivity contribution is 0.689. The van der Waals surface area contributed by atoms with Crippen LogP contribution in [0.1, 0.15) is 18.4 Å². The number of rotatable bonds is 4. The Bertz CT molecular complexity index is 591. The average molecular weight is 292 g/mol. The van der Waals surface area contributed by atoms with Gasteiger partial charge in [0.1, 0.15) is 0 Å². The van der Waals surface area contributed by atoms with Crippen LogP contribution in [-0.4, -0.2) is 6.04 Å². The highest BCUT2D eigenvalue weighted by molar-refractivity contribution is 6.31. The van der Waals surface area contributed by atoms with Crippen LogP contribution in [0.15, 0.2) is 42.5 Å². The van der Waals surface area contributed by atoms with Gasteiger partial charge in [0.2, 0.25) is 0 Å². The van der Waals surface area contributed by atoms with E-state index >= 15 is 0 Å². The van der Waals surface area contributed by atoms with Crippen LogP contribution in [0.25, 0.3) is 11.1 Å². The van der Waals surface area contributed by atoms with E-state index < -0.39 is 0 Å². The highest BCUT2D eigenvalue weighted by atomic mass is 35.5. The largest absolute Gasteiger partial charge is 0.310 e. The molecule has 2 aromatic carbocycles. The van der Waals surface area contributed by atoms with Crippen molar-refractivity contribution in [2.24, 2.45) is 0 Å². The lowest BCUT2D eigenvalue weighted by Crippen LogP contribution is -2.15. The normalized spacial score (nSPS) is 14.6. The number of benzene rings is 2. The van der Waals surface area contributed by atoms with E-state index in [2.05, 4.69) is 17.4 Å². The summed E-state index contributed by atoms with van der Waals surface area (Å²) in [5, 5.41) is 5.07. The highest BCUT2D eigenvalue weighted by Crippen LogP contribution is 2.29. The van der Waals surface area contributed by atoms with E-state index in [9.17, 15) is 0 Å². The fourth-order valence-corrected chi connectivity index (χ4v) is 2.57. The van der Waals surface area contributed by atoms with Crippen molar-refractivity contribution in [1.29, 1.82) is 0 Å². The number of halogens is 2. The minimum absolute atomic E-state index is 0.686. The van der Waals surface area contributed by atoms with Crippen molar-refractivity contribution in [3.05, 3.63) is 58.1 Å². The summed E-state index contributed by atoms with van der Waals surface area (Å²) in [7, 11) is 0. The first kappa shape index (κ1) is 13.0. The van der Waals surface area contributed by atoms with Gasteiger partial charge in [0.25, 0.3) is 0 Å². The molecule has 1 N–H and O–H groups in total. The van der Waals surface area contributed by atoms with Gasteiger partial charge in [-0.25, -0.2) is 0 Å². The van der Waals surface area contributed by atoms with E-state index in [1.54, 1.807) is 0 Å². The van der Waals surface area contributed by atoms with Crippen LogP contribution in [0, 0.1) is 0 Å². The molecule has 0 amide bonds. The molecule has 3 rings (SSSR count). The van der Waals surface area contributed by atoms with Crippen molar-refractivity contribution in [1.82, 2.24) is 5.32 Å². The molecule has 0 bridgehead atoms. The van der Waals surface area contributed by atoms with Gasteiger partial charge in [-0.3, -0.25) is 0 Å². The first-order chi connectivity index (χ1) is 9.22. The summed E-state index contributed by atoms with van der Waals surface area (Å²) < 4.78 is 0. The molecule has 0 radical (unpaired) electrons. The summed E-state index contributed by atoms with van der Waals surface area (Å²) in [5.74, 6) is 0. The van der Waals surface area contributed by atoms with E-state index in [0.717, 1.165) is 22.2 Å². The molecule has 1 fully saturated rings. The van der Waals surface area contributed by atoms with E-state index in [4.69, 9.17) is 23.2 Å². The molecule has 19 heavy (non-hydrogen) atoms. The van der Waals surface area contributed by atoms with Crippen molar-refractivity contribution in [2.75, 3.05) is 0 Å². The zero-order chi connectivity index (χ0) is 13.2. The van der Waals surface area contributed by atoms with E-state index in [1.807, 2.05) is 30.3 Å². The second kappa shape index (κ2) is 5.54. The van der Waals surface area contributed by atoms with Crippen LogP contribution in [0.3, 0.4) is 0 Å². The maximum Gasteiger partial charge on any atom is 0.0412 e. The molecule has 0 aromatic heterocycles. The first-order valence-electron chi connectivity index (χ1n) is 6.50. The molecule has 1 aliphatic carbocycles. The molecule has 0 spiro atoms. The predicted octanol–water partition coefficient (Wildman–Crippen LogP) is 4.91. The van der Waals surface area contributed by atoms with Crippen LogP contribution in [0.2, 0.25) is 10.0 Å². The molecule has 1 saturated carbocycles. The molecule has 0 heterocycles. The SMILES string of the molecule is Clc1cccc(-c2ccc(Cl)cc2CNC2CC2)c1. The summed E-state index contributed by atoms with van der Waals surface area (Å²) >= 11 is 12.2. The van der Waals surface area contributed by atoms with E-state index in [-0.39, 0.29) is 0 Å². The molecule has 3 heteroatoms. The summed E-state index contributed by atoms with van der Waals surface area (Å²) in [6.07, 6.45) is 2.57. The summed E-state index contributed by atoms with van der Waals surface area (Å²) in [6.45, 7) is 0.854. The molecular formula is C16H15Cl2N. The standard InChI is InChI=1S/C16H15Cl2N/c17-13-3-1-2-11(8-13)16-7-4-14(18)9-12(16)10-19-15-5-6-15/h1-4,7-9,15,19H,5-6,10H2. The molecular weight excluding hydrogens is 277 g/mol. The minimum atomic E-state index is 0.686. The van der Waals surface area contributed by atoms with Crippen LogP contribution in [0.4, 0.5) is 0 Å². The second-order valence-corrected chi connectivity index (χ2v) is 5.84. The molecule has 1 nitrogen and oxygen atoms in total. The second-order valence-electron chi connectivity index (χ2n) is 4.97. The maximum atomic E-state index is 6.11. The number of hydrogen-bond donors (Lipinski definition) is 1. The zero-order valence-electron chi connectivity index (χ0n) is 10.5. The Kier molecular flexibility index (Phi) is 3.79. The maximum absolute atomic E-state index is 6.11. The lowest BCUT2D eigenvalue weighted by Gasteiger charge is -2.11. The number of nitrogens with one attached hydrogen (secondary N) is 1. The average Bonchev–Trinajstić information content (AvgIpc) is 3.20. The van der Waals surface area contributed by atoms with Gasteiger partial charge in [-0.1, -0.05) is 41.4 Å². The van der Waals surface area contributed by atoms with Crippen molar-refractivity contribution < 1.29 is 0 Å². The van der Waals surface area contributed by atoms with Gasteiger partial charge < -0.3 is 5.32 Å². The number of hydrogen-bond acceptors (Lipinski definition) is 1. The van der Waals surface area contributed by atoms with Crippen molar-refractivity contribution in [3.8, 4) is 11.1 Å². The molecule has 0 aliphatic heterocycles. The van der Waals surface area contributed by atoms with Gasteiger partial charge >= 0.3 is 0 Å². The molecule has 0 saturated heterocycles. The smallest absolute Gasteiger partial charge is 0.0412 e. The Morgan fingerprint density at radius 1 is 1.00 bits per heavy atom. The topological polar surface area (TPSA) is 12.0 Å². The fraction of sp³-hybridized carbons (Fsp3) is 0.250. The minimum Gasteiger partial charge on any atom is -0.310 e. The molecule has 1 aliphatic rings. The van der Waals surface area contributed by atoms with Crippen LogP contribution >= 0.6 is 23.2 Å². The van der Waals surface area contributed by atoms with Crippen LogP contribution in [0.5, 0.6) is 0 Å². The monoisotopic (exact) mass is 291 g/mol. The summed E-state index contributed by atoms with van der Waals surface area (Å²) in [6, 6.07) is 14.7. The third-order valence-corrected chi connectivity index (χ3v) is 3.83. The predicted molar refractivity (Wildman–Crippen MR) is 81.8 cm³/mol. The van der Waals surface area contributed by atoms with Crippen molar-refractivity contribution in [2.45, 2.75) is 25.4 Å². The molecule has 0 unspecified atom stereocenters. The molecule has 0 atom stereocenters. The molecule has 98 valence electrons. The van der Waals surface area contributed by atoms with Gasteiger partial charge in [0.05, 0.1) is 0 Å². The quantitative estimate of drug-likeness (QED) is 0.844. The molecule has 2 aromatic rings. The lowest BCUT2D eigenvalue weighted by atomic mass is 9.99. The van der Waals surface area contributed by atoms with Gasteiger partial charge in [0.15, 0.2) is 0 Å². The van der Waals surface area contributed by atoms with E-state index in [0.29, 0.717) is 6.04 Å². The van der Waals surface area contributed by atoms with Gasteiger partial charge in [-0.2, -0.15) is 0 Å². The Labute approximate surface area is 123 Å². The van der Waals surface area contributed by atoms with Crippen molar-refractivity contribution in [3.63, 3.8) is 0 Å². The van der Waals surface area contributed by atoms with Gasteiger partial charge in [-0.15, -0.1) is 0 Å². The van der Waals surface area contributed by atoms with Crippen molar-refractivity contribution >= 4 is 23.2 Å². The zero-order valence-corrected chi connectivity index (χ0v) is 12.0. The first-order valence-corrected chi connectivity index (χ1v) is 7.26. The van der Waals surface area contributed by atoms with Crippen LogP contribution in [-0.2, 0) is 6.54 Å². The fourth-order valence-electron chi connectivity index (χ4n) is 2.19.